The minimum absolute atomic E-state index is 0.197. The number of rotatable bonds is 4. The van der Waals surface area contributed by atoms with Gasteiger partial charge in [0.15, 0.2) is 0 Å². The number of nitrogens with zero attached hydrogens (tertiary/aromatic N) is 1. The molecule has 1 aliphatic heterocycles. The summed E-state index contributed by atoms with van der Waals surface area (Å²) in [5, 5.41) is 3.43. The van der Waals surface area contributed by atoms with Gasteiger partial charge in [0.05, 0.1) is 0 Å². The Morgan fingerprint density at radius 3 is 2.55 bits per heavy atom. The highest BCUT2D eigenvalue weighted by molar-refractivity contribution is 5.69. The maximum Gasteiger partial charge on any atom is 0.410 e. The topological polar surface area (TPSA) is 41.6 Å². The third-order valence-corrected chi connectivity index (χ3v) is 3.21. The van der Waals surface area contributed by atoms with Crippen LogP contribution in [-0.2, 0) is 11.3 Å². The minimum atomic E-state index is -0.409. The molecule has 1 N–H and O–H groups in total. The van der Waals surface area contributed by atoms with Crippen LogP contribution in [0.4, 0.5) is 4.79 Å². The molecule has 1 aliphatic rings. The first-order chi connectivity index (χ1) is 9.44. The molecular formula is C16H24N2O2. The zero-order valence-electron chi connectivity index (χ0n) is 12.6. The van der Waals surface area contributed by atoms with E-state index in [-0.39, 0.29) is 6.09 Å². The van der Waals surface area contributed by atoms with Gasteiger partial charge in [-0.3, -0.25) is 0 Å². The van der Waals surface area contributed by atoms with Crippen molar-refractivity contribution in [1.82, 2.24) is 10.2 Å². The molecule has 110 valence electrons. The summed E-state index contributed by atoms with van der Waals surface area (Å²) in [4.78, 5) is 13.5. The van der Waals surface area contributed by atoms with Crippen molar-refractivity contribution in [2.75, 3.05) is 19.6 Å². The van der Waals surface area contributed by atoms with Crippen molar-refractivity contribution in [2.24, 2.45) is 5.92 Å². The van der Waals surface area contributed by atoms with Gasteiger partial charge in [-0.25, -0.2) is 4.79 Å². The third kappa shape index (κ3) is 4.53. The second kappa shape index (κ2) is 6.27. The number of amides is 1. The summed E-state index contributed by atoms with van der Waals surface area (Å²) in [6.45, 7) is 9.07. The van der Waals surface area contributed by atoms with E-state index in [2.05, 4.69) is 17.4 Å². The van der Waals surface area contributed by atoms with Crippen LogP contribution in [0.3, 0.4) is 0 Å². The van der Waals surface area contributed by atoms with Crippen LogP contribution in [0.1, 0.15) is 26.3 Å². The molecule has 4 nitrogen and oxygen atoms in total. The summed E-state index contributed by atoms with van der Waals surface area (Å²) in [6, 6.07) is 10.3. The number of benzene rings is 1. The Labute approximate surface area is 121 Å². The van der Waals surface area contributed by atoms with E-state index in [1.807, 2.05) is 39.0 Å². The van der Waals surface area contributed by atoms with Crippen LogP contribution in [0.15, 0.2) is 30.3 Å². The molecule has 0 aliphatic carbocycles. The van der Waals surface area contributed by atoms with Gasteiger partial charge in [0.1, 0.15) is 5.60 Å². The maximum atomic E-state index is 11.8. The molecule has 0 unspecified atom stereocenters. The molecule has 1 fully saturated rings. The molecule has 0 bridgehead atoms. The Bertz CT molecular complexity index is 434. The molecule has 0 saturated carbocycles. The highest BCUT2D eigenvalue weighted by Crippen LogP contribution is 2.18. The van der Waals surface area contributed by atoms with Crippen molar-refractivity contribution in [3.8, 4) is 0 Å². The van der Waals surface area contributed by atoms with E-state index in [9.17, 15) is 4.79 Å². The van der Waals surface area contributed by atoms with Gasteiger partial charge >= 0.3 is 6.09 Å². The Hall–Kier alpha value is -1.55. The number of hydrogen-bond donors (Lipinski definition) is 1. The van der Waals surface area contributed by atoms with Gasteiger partial charge in [-0.1, -0.05) is 30.3 Å². The lowest BCUT2D eigenvalue weighted by atomic mass is 10.0. The molecule has 0 atom stereocenters. The largest absolute Gasteiger partial charge is 0.444 e. The zero-order valence-corrected chi connectivity index (χ0v) is 12.6. The minimum Gasteiger partial charge on any atom is -0.444 e. The van der Waals surface area contributed by atoms with E-state index < -0.39 is 5.60 Å². The molecule has 1 heterocycles. The first-order valence-electron chi connectivity index (χ1n) is 7.16. The maximum absolute atomic E-state index is 11.8. The van der Waals surface area contributed by atoms with Crippen molar-refractivity contribution in [3.05, 3.63) is 35.9 Å². The van der Waals surface area contributed by atoms with Crippen LogP contribution in [0.5, 0.6) is 0 Å². The van der Waals surface area contributed by atoms with Gasteiger partial charge in [0.25, 0.3) is 0 Å². The molecule has 0 aromatic heterocycles. The lowest BCUT2D eigenvalue weighted by Crippen LogP contribution is -2.54. The van der Waals surface area contributed by atoms with Crippen LogP contribution in [0, 0.1) is 5.92 Å². The molecule has 0 radical (unpaired) electrons. The molecule has 0 spiro atoms. The van der Waals surface area contributed by atoms with Crippen LogP contribution < -0.4 is 5.32 Å². The van der Waals surface area contributed by atoms with Crippen molar-refractivity contribution >= 4 is 6.09 Å². The molecule has 2 rings (SSSR count). The van der Waals surface area contributed by atoms with E-state index in [0.717, 1.165) is 26.2 Å². The molecular weight excluding hydrogens is 252 g/mol. The number of likely N-dealkylation sites (tertiary alicyclic amines) is 1. The average Bonchev–Trinajstić information content (AvgIpc) is 2.31. The van der Waals surface area contributed by atoms with E-state index in [1.165, 1.54) is 5.56 Å². The third-order valence-electron chi connectivity index (χ3n) is 3.21. The molecule has 1 amide bonds. The van der Waals surface area contributed by atoms with Crippen molar-refractivity contribution in [2.45, 2.75) is 32.9 Å². The van der Waals surface area contributed by atoms with Crippen LogP contribution in [0.2, 0.25) is 0 Å². The van der Waals surface area contributed by atoms with Crippen molar-refractivity contribution in [1.29, 1.82) is 0 Å². The highest BCUT2D eigenvalue weighted by atomic mass is 16.6. The summed E-state index contributed by atoms with van der Waals surface area (Å²) in [5.41, 5.74) is 0.879. The van der Waals surface area contributed by atoms with Crippen molar-refractivity contribution in [3.63, 3.8) is 0 Å². The summed E-state index contributed by atoms with van der Waals surface area (Å²) < 4.78 is 5.33. The van der Waals surface area contributed by atoms with Gasteiger partial charge in [-0.15, -0.1) is 0 Å². The average molecular weight is 276 g/mol. The molecule has 20 heavy (non-hydrogen) atoms. The Balaban J connectivity index is 1.61. The summed E-state index contributed by atoms with van der Waals surface area (Å²) in [6.07, 6.45) is -0.197. The number of carbonyl (C=O) groups excluding carboxylic acids is 1. The van der Waals surface area contributed by atoms with Crippen molar-refractivity contribution < 1.29 is 9.53 Å². The Kier molecular flexibility index (Phi) is 4.65. The summed E-state index contributed by atoms with van der Waals surface area (Å²) in [5.74, 6) is 0.534. The fourth-order valence-corrected chi connectivity index (χ4v) is 2.19. The van der Waals surface area contributed by atoms with E-state index >= 15 is 0 Å². The highest BCUT2D eigenvalue weighted by Gasteiger charge is 2.33. The Morgan fingerprint density at radius 2 is 1.95 bits per heavy atom. The van der Waals surface area contributed by atoms with E-state index in [1.54, 1.807) is 4.90 Å². The summed E-state index contributed by atoms with van der Waals surface area (Å²) in [7, 11) is 0. The van der Waals surface area contributed by atoms with Gasteiger partial charge in [0.2, 0.25) is 0 Å². The van der Waals surface area contributed by atoms with E-state index in [4.69, 9.17) is 4.74 Å². The van der Waals surface area contributed by atoms with Gasteiger partial charge in [-0.05, 0) is 26.3 Å². The zero-order chi connectivity index (χ0) is 14.6. The number of nitrogens with one attached hydrogen (secondary N) is 1. The lowest BCUT2D eigenvalue weighted by molar-refractivity contribution is -0.000798. The van der Waals surface area contributed by atoms with Gasteiger partial charge < -0.3 is 15.0 Å². The summed E-state index contributed by atoms with van der Waals surface area (Å²) >= 11 is 0. The van der Waals surface area contributed by atoms with E-state index in [0.29, 0.717) is 5.92 Å². The lowest BCUT2D eigenvalue weighted by Gasteiger charge is -2.39. The first kappa shape index (κ1) is 14.9. The van der Waals surface area contributed by atoms with Gasteiger partial charge in [0, 0.05) is 32.1 Å². The second-order valence-corrected chi connectivity index (χ2v) is 6.37. The van der Waals surface area contributed by atoms with Gasteiger partial charge in [-0.2, -0.15) is 0 Å². The molecule has 1 aromatic rings. The monoisotopic (exact) mass is 276 g/mol. The number of hydrogen-bond acceptors (Lipinski definition) is 3. The molecule has 4 heteroatoms. The fourth-order valence-electron chi connectivity index (χ4n) is 2.19. The smallest absolute Gasteiger partial charge is 0.410 e. The predicted octanol–water partition coefficient (Wildman–Crippen LogP) is 2.64. The predicted molar refractivity (Wildman–Crippen MR) is 79.4 cm³/mol. The van der Waals surface area contributed by atoms with Crippen LogP contribution in [-0.4, -0.2) is 36.2 Å². The fraction of sp³-hybridized carbons (Fsp3) is 0.562. The number of carbonyl (C=O) groups is 1. The standard InChI is InChI=1S/C16H24N2O2/c1-16(2,3)20-15(19)18-11-14(12-18)10-17-9-13-7-5-4-6-8-13/h4-8,14,17H,9-12H2,1-3H3. The normalized spacial score (nSPS) is 15.8. The first-order valence-corrected chi connectivity index (χ1v) is 7.16. The van der Waals surface area contributed by atoms with Crippen LogP contribution >= 0.6 is 0 Å². The second-order valence-electron chi connectivity index (χ2n) is 6.37. The quantitative estimate of drug-likeness (QED) is 0.919. The SMILES string of the molecule is CC(C)(C)OC(=O)N1CC(CNCc2ccccc2)C1. The molecule has 1 saturated heterocycles. The number of ether oxygens (including phenoxy) is 1. The van der Waals surface area contributed by atoms with Crippen LogP contribution in [0.25, 0.3) is 0 Å². The Morgan fingerprint density at radius 1 is 1.30 bits per heavy atom. The molecule has 1 aromatic carbocycles.